The summed E-state index contributed by atoms with van der Waals surface area (Å²) in [6, 6.07) is 3.55. The van der Waals surface area contributed by atoms with Crippen LogP contribution in [0.4, 0.5) is 0 Å². The van der Waals surface area contributed by atoms with E-state index in [0.717, 1.165) is 0 Å². The van der Waals surface area contributed by atoms with E-state index in [2.05, 4.69) is 10.6 Å². The zero-order valence-electron chi connectivity index (χ0n) is 14.5. The molecule has 8 heteroatoms. The van der Waals surface area contributed by atoms with Crippen molar-refractivity contribution in [3.8, 4) is 23.0 Å². The van der Waals surface area contributed by atoms with E-state index in [1.54, 1.807) is 13.8 Å². The van der Waals surface area contributed by atoms with E-state index in [9.17, 15) is 30.0 Å². The monoisotopic (exact) mass is 360 g/mol. The van der Waals surface area contributed by atoms with E-state index in [1.807, 2.05) is 0 Å². The van der Waals surface area contributed by atoms with Crippen molar-refractivity contribution in [3.05, 3.63) is 29.3 Å². The molecule has 0 heterocycles. The topological polar surface area (TPSA) is 139 Å². The van der Waals surface area contributed by atoms with Gasteiger partial charge in [0.1, 0.15) is 23.0 Å². The van der Waals surface area contributed by atoms with Gasteiger partial charge in [0, 0.05) is 12.5 Å². The molecule has 0 aliphatic heterocycles. The Labute approximate surface area is 149 Å². The summed E-state index contributed by atoms with van der Waals surface area (Å²) in [5, 5.41) is 45.5. The fourth-order valence-corrected chi connectivity index (χ4v) is 2.53. The highest BCUT2D eigenvalue weighted by molar-refractivity contribution is 6.05. The molecular formula is C18H20N2O6. The molecule has 0 unspecified atom stereocenters. The lowest BCUT2D eigenvalue weighted by Gasteiger charge is -2.17. The average molecular weight is 360 g/mol. The third-order valence-corrected chi connectivity index (χ3v) is 3.72. The van der Waals surface area contributed by atoms with Crippen LogP contribution < -0.4 is 10.6 Å². The molecule has 2 rings (SSSR count). The van der Waals surface area contributed by atoms with Crippen LogP contribution in [-0.2, 0) is 9.59 Å². The molecule has 0 saturated heterocycles. The Kier molecular flexibility index (Phi) is 5.25. The summed E-state index contributed by atoms with van der Waals surface area (Å²) in [5.74, 6) is -2.35. The fourth-order valence-electron chi connectivity index (χ4n) is 2.53. The molecule has 2 aromatic rings. The van der Waals surface area contributed by atoms with Crippen LogP contribution in [0.3, 0.4) is 0 Å². The number of amides is 2. The Balaban J connectivity index is 2.58. The Hall–Kier alpha value is -3.42. The summed E-state index contributed by atoms with van der Waals surface area (Å²) < 4.78 is 0. The van der Waals surface area contributed by atoms with Gasteiger partial charge in [0.15, 0.2) is 0 Å². The van der Waals surface area contributed by atoms with Gasteiger partial charge >= 0.3 is 0 Å². The molecular weight excluding hydrogens is 340 g/mol. The Morgan fingerprint density at radius 2 is 1.50 bits per heavy atom. The van der Waals surface area contributed by atoms with Crippen LogP contribution in [0.1, 0.15) is 26.3 Å². The van der Waals surface area contributed by atoms with Crippen molar-refractivity contribution in [1.29, 1.82) is 0 Å². The number of benzene rings is 2. The van der Waals surface area contributed by atoms with Gasteiger partial charge in [-0.1, -0.05) is 5.57 Å². The number of carbonyl (C=O) groups is 2. The van der Waals surface area contributed by atoms with E-state index in [-0.39, 0.29) is 51.7 Å². The molecule has 2 amide bonds. The lowest BCUT2D eigenvalue weighted by atomic mass is 9.98. The summed E-state index contributed by atoms with van der Waals surface area (Å²) in [7, 11) is 0. The maximum Gasteiger partial charge on any atom is 0.243 e. The van der Waals surface area contributed by atoms with Gasteiger partial charge in [-0.15, -0.1) is 0 Å². The van der Waals surface area contributed by atoms with Crippen molar-refractivity contribution >= 4 is 28.3 Å². The standard InChI is InChI=1S/C18H20N2O6/c1-8(2)17(20-14(25)7-19-9(3)21)10-6-13(24)15-11(22)4-5-12(23)16(15)18(10)26/h4-6,22-24,26H,7H2,1-3H3,(H,19,21)(H,20,25). The first-order chi connectivity index (χ1) is 12.1. The Morgan fingerprint density at radius 1 is 0.923 bits per heavy atom. The molecule has 138 valence electrons. The van der Waals surface area contributed by atoms with Gasteiger partial charge in [-0.3, -0.25) is 9.59 Å². The second-order valence-corrected chi connectivity index (χ2v) is 5.98. The van der Waals surface area contributed by atoms with Gasteiger partial charge in [0.25, 0.3) is 0 Å². The van der Waals surface area contributed by atoms with Crippen LogP contribution in [0, 0.1) is 0 Å². The molecule has 0 aliphatic rings. The fraction of sp³-hybridized carbons (Fsp3) is 0.222. The molecule has 26 heavy (non-hydrogen) atoms. The van der Waals surface area contributed by atoms with Gasteiger partial charge < -0.3 is 31.1 Å². The average Bonchev–Trinajstić information content (AvgIpc) is 2.56. The molecule has 0 fully saturated rings. The molecule has 6 N–H and O–H groups in total. The lowest BCUT2D eigenvalue weighted by Crippen LogP contribution is -2.35. The number of rotatable bonds is 4. The second kappa shape index (κ2) is 7.22. The first-order valence-electron chi connectivity index (χ1n) is 7.75. The van der Waals surface area contributed by atoms with Crippen LogP contribution in [0.5, 0.6) is 23.0 Å². The van der Waals surface area contributed by atoms with Gasteiger partial charge in [-0.25, -0.2) is 0 Å². The third kappa shape index (κ3) is 3.64. The highest BCUT2D eigenvalue weighted by Crippen LogP contribution is 2.46. The number of hydrogen-bond donors (Lipinski definition) is 6. The summed E-state index contributed by atoms with van der Waals surface area (Å²) >= 11 is 0. The minimum atomic E-state index is -0.532. The van der Waals surface area contributed by atoms with Crippen LogP contribution in [0.25, 0.3) is 16.5 Å². The number of hydrogen-bond acceptors (Lipinski definition) is 6. The number of carbonyl (C=O) groups excluding carboxylic acids is 2. The van der Waals surface area contributed by atoms with Gasteiger partial charge in [-0.2, -0.15) is 0 Å². The predicted molar refractivity (Wildman–Crippen MR) is 95.7 cm³/mol. The molecule has 0 saturated carbocycles. The first kappa shape index (κ1) is 18.9. The molecule has 0 aromatic heterocycles. The molecule has 0 aliphatic carbocycles. The highest BCUT2D eigenvalue weighted by atomic mass is 16.3. The summed E-state index contributed by atoms with van der Waals surface area (Å²) in [4.78, 5) is 22.9. The van der Waals surface area contributed by atoms with Crippen molar-refractivity contribution in [2.24, 2.45) is 0 Å². The normalized spacial score (nSPS) is 10.4. The quantitative estimate of drug-likeness (QED) is 0.459. The third-order valence-electron chi connectivity index (χ3n) is 3.72. The Morgan fingerprint density at radius 3 is 2.04 bits per heavy atom. The Bertz CT molecular complexity index is 929. The minimum Gasteiger partial charge on any atom is -0.507 e. The summed E-state index contributed by atoms with van der Waals surface area (Å²) in [5.41, 5.74) is 0.875. The van der Waals surface area contributed by atoms with Crippen LogP contribution in [0.2, 0.25) is 0 Å². The van der Waals surface area contributed by atoms with Crippen molar-refractivity contribution in [2.45, 2.75) is 20.8 Å². The maximum absolute atomic E-state index is 12.0. The number of phenolic OH excluding ortho intramolecular Hbond substituents is 4. The van der Waals surface area contributed by atoms with E-state index in [4.69, 9.17) is 0 Å². The van der Waals surface area contributed by atoms with E-state index < -0.39 is 11.7 Å². The number of fused-ring (bicyclic) bond motifs is 1. The molecule has 0 bridgehead atoms. The van der Waals surface area contributed by atoms with Crippen LogP contribution in [-0.4, -0.2) is 38.8 Å². The molecule has 0 spiro atoms. The largest absolute Gasteiger partial charge is 0.507 e. The number of nitrogens with one attached hydrogen (secondary N) is 2. The van der Waals surface area contributed by atoms with Crippen molar-refractivity contribution < 1.29 is 30.0 Å². The van der Waals surface area contributed by atoms with Crippen LogP contribution in [0.15, 0.2) is 23.8 Å². The van der Waals surface area contributed by atoms with Crippen molar-refractivity contribution in [2.75, 3.05) is 6.54 Å². The van der Waals surface area contributed by atoms with E-state index >= 15 is 0 Å². The molecule has 2 aromatic carbocycles. The molecule has 0 radical (unpaired) electrons. The summed E-state index contributed by atoms with van der Waals surface area (Å²) in [6.07, 6.45) is 0. The molecule has 0 atom stereocenters. The predicted octanol–water partition coefficient (Wildman–Crippen LogP) is 1.67. The number of phenols is 4. The van der Waals surface area contributed by atoms with Gasteiger partial charge in [-0.05, 0) is 32.0 Å². The number of aromatic hydroxyl groups is 4. The zero-order valence-corrected chi connectivity index (χ0v) is 14.5. The maximum atomic E-state index is 12.0. The van der Waals surface area contributed by atoms with E-state index in [1.165, 1.54) is 25.1 Å². The summed E-state index contributed by atoms with van der Waals surface area (Å²) in [6.45, 7) is 4.37. The van der Waals surface area contributed by atoms with E-state index in [0.29, 0.717) is 5.57 Å². The first-order valence-corrected chi connectivity index (χ1v) is 7.75. The highest BCUT2D eigenvalue weighted by Gasteiger charge is 2.21. The zero-order chi connectivity index (χ0) is 19.6. The molecule has 8 nitrogen and oxygen atoms in total. The van der Waals surface area contributed by atoms with Crippen LogP contribution >= 0.6 is 0 Å². The second-order valence-electron chi connectivity index (χ2n) is 5.98. The smallest absolute Gasteiger partial charge is 0.243 e. The number of allylic oxidation sites excluding steroid dienone is 1. The lowest BCUT2D eigenvalue weighted by molar-refractivity contribution is -0.124. The van der Waals surface area contributed by atoms with Crippen molar-refractivity contribution in [1.82, 2.24) is 10.6 Å². The minimum absolute atomic E-state index is 0.0621. The van der Waals surface area contributed by atoms with Gasteiger partial charge in [0.2, 0.25) is 11.8 Å². The van der Waals surface area contributed by atoms with Crippen molar-refractivity contribution in [3.63, 3.8) is 0 Å². The van der Waals surface area contributed by atoms with Gasteiger partial charge in [0.05, 0.1) is 23.0 Å². The SMILES string of the molecule is CC(=O)NCC(=O)NC(=C(C)C)c1cc(O)c2c(O)ccc(O)c2c1O.